The molecule has 2 N–H and O–H groups in total. The summed E-state index contributed by atoms with van der Waals surface area (Å²) in [5.41, 5.74) is 0.208. The fourth-order valence-corrected chi connectivity index (χ4v) is 3.19. The fraction of sp³-hybridized carbons (Fsp3) is 0.562. The predicted molar refractivity (Wildman–Crippen MR) is 82.4 cm³/mol. The highest BCUT2D eigenvalue weighted by molar-refractivity contribution is 5.89. The Morgan fingerprint density at radius 2 is 2.00 bits per heavy atom. The minimum absolute atomic E-state index is 0.120. The molecular formula is C16H22FN3O2. The molecule has 1 unspecified atom stereocenters. The molecule has 0 spiro atoms. The van der Waals surface area contributed by atoms with E-state index in [9.17, 15) is 9.18 Å². The quantitative estimate of drug-likeness (QED) is 0.900. The van der Waals surface area contributed by atoms with Crippen molar-refractivity contribution in [2.45, 2.75) is 31.3 Å². The summed E-state index contributed by atoms with van der Waals surface area (Å²) in [4.78, 5) is 14.4. The molecule has 22 heavy (non-hydrogen) atoms. The van der Waals surface area contributed by atoms with Gasteiger partial charge in [0.2, 0.25) is 0 Å². The maximum atomic E-state index is 13.5. The van der Waals surface area contributed by atoms with Gasteiger partial charge in [0.05, 0.1) is 5.69 Å². The number of anilines is 1. The van der Waals surface area contributed by atoms with Crippen LogP contribution in [0.1, 0.15) is 19.3 Å². The second-order valence-corrected chi connectivity index (χ2v) is 5.90. The molecule has 0 bridgehead atoms. The molecule has 0 aromatic heterocycles. The van der Waals surface area contributed by atoms with E-state index in [1.807, 2.05) is 0 Å². The molecule has 2 heterocycles. The number of amides is 2. The lowest BCUT2D eigenvalue weighted by Gasteiger charge is -2.31. The monoisotopic (exact) mass is 307 g/mol. The Kier molecular flexibility index (Phi) is 4.90. The average Bonchev–Trinajstić information content (AvgIpc) is 2.99. The van der Waals surface area contributed by atoms with Gasteiger partial charge in [0.15, 0.2) is 0 Å². The highest BCUT2D eigenvalue weighted by atomic mass is 19.1. The standard InChI is InChI=1S/C16H22FN3O2/c17-14-3-1-2-4-15(14)19-16(21)18-12-5-8-20(11-12)13-6-9-22-10-7-13/h1-4,12-13H,5-11H2,(H2,18,19,21). The number of nitrogens with one attached hydrogen (secondary N) is 2. The zero-order valence-corrected chi connectivity index (χ0v) is 12.6. The first-order valence-electron chi connectivity index (χ1n) is 7.86. The third-order valence-corrected chi connectivity index (χ3v) is 4.38. The highest BCUT2D eigenvalue weighted by Gasteiger charge is 2.30. The third kappa shape index (κ3) is 3.75. The molecule has 1 atom stereocenters. The van der Waals surface area contributed by atoms with Gasteiger partial charge in [-0.1, -0.05) is 12.1 Å². The van der Waals surface area contributed by atoms with Gasteiger partial charge in [-0.3, -0.25) is 4.90 Å². The summed E-state index contributed by atoms with van der Waals surface area (Å²) in [7, 11) is 0. The van der Waals surface area contributed by atoms with E-state index < -0.39 is 5.82 Å². The largest absolute Gasteiger partial charge is 0.381 e. The number of likely N-dealkylation sites (tertiary alicyclic amines) is 1. The van der Waals surface area contributed by atoms with Gasteiger partial charge in [0.25, 0.3) is 0 Å². The van der Waals surface area contributed by atoms with Crippen LogP contribution in [-0.2, 0) is 4.74 Å². The van der Waals surface area contributed by atoms with Crippen molar-refractivity contribution >= 4 is 11.7 Å². The van der Waals surface area contributed by atoms with Gasteiger partial charge in [-0.15, -0.1) is 0 Å². The van der Waals surface area contributed by atoms with Crippen LogP contribution in [0.2, 0.25) is 0 Å². The lowest BCUT2D eigenvalue weighted by molar-refractivity contribution is 0.0418. The van der Waals surface area contributed by atoms with Gasteiger partial charge in [0, 0.05) is 38.4 Å². The summed E-state index contributed by atoms with van der Waals surface area (Å²) in [5, 5.41) is 5.50. The Morgan fingerprint density at radius 1 is 1.23 bits per heavy atom. The zero-order chi connectivity index (χ0) is 15.4. The van der Waals surface area contributed by atoms with E-state index in [2.05, 4.69) is 15.5 Å². The lowest BCUT2D eigenvalue weighted by Crippen LogP contribution is -2.43. The first kappa shape index (κ1) is 15.2. The molecule has 1 aromatic carbocycles. The summed E-state index contributed by atoms with van der Waals surface area (Å²) >= 11 is 0. The summed E-state index contributed by atoms with van der Waals surface area (Å²) in [6, 6.07) is 6.52. The molecule has 0 aliphatic carbocycles. The molecule has 6 heteroatoms. The first-order chi connectivity index (χ1) is 10.7. The number of carbonyl (C=O) groups excluding carboxylic acids is 1. The Labute approximate surface area is 129 Å². The highest BCUT2D eigenvalue weighted by Crippen LogP contribution is 2.20. The number of rotatable bonds is 3. The summed E-state index contributed by atoms with van der Waals surface area (Å²) in [6.45, 7) is 3.50. The summed E-state index contributed by atoms with van der Waals surface area (Å²) in [5.74, 6) is -0.423. The van der Waals surface area contributed by atoms with Crippen LogP contribution in [0.3, 0.4) is 0 Å². The molecule has 2 saturated heterocycles. The van der Waals surface area contributed by atoms with E-state index >= 15 is 0 Å². The van der Waals surface area contributed by atoms with Crippen LogP contribution in [0.4, 0.5) is 14.9 Å². The van der Waals surface area contributed by atoms with Gasteiger partial charge >= 0.3 is 6.03 Å². The van der Waals surface area contributed by atoms with Gasteiger partial charge in [-0.25, -0.2) is 9.18 Å². The molecule has 1 aromatic rings. The zero-order valence-electron chi connectivity index (χ0n) is 12.6. The average molecular weight is 307 g/mol. The second-order valence-electron chi connectivity index (χ2n) is 5.90. The Hall–Kier alpha value is -1.66. The van der Waals surface area contributed by atoms with Crippen LogP contribution in [0, 0.1) is 5.82 Å². The SMILES string of the molecule is O=C(Nc1ccccc1F)NC1CCN(C2CCOCC2)C1. The second kappa shape index (κ2) is 7.07. The number of halogens is 1. The van der Waals surface area contributed by atoms with Crippen LogP contribution in [0.15, 0.2) is 24.3 Å². The van der Waals surface area contributed by atoms with Crippen LogP contribution >= 0.6 is 0 Å². The normalized spacial score (nSPS) is 23.4. The van der Waals surface area contributed by atoms with E-state index in [0.717, 1.165) is 45.6 Å². The molecule has 0 radical (unpaired) electrons. The molecule has 2 fully saturated rings. The van der Waals surface area contributed by atoms with Crippen LogP contribution < -0.4 is 10.6 Å². The Balaban J connectivity index is 1.47. The van der Waals surface area contributed by atoms with Gasteiger partial charge in [0.1, 0.15) is 5.82 Å². The van der Waals surface area contributed by atoms with Gasteiger partial charge in [-0.2, -0.15) is 0 Å². The number of benzene rings is 1. The predicted octanol–water partition coefficient (Wildman–Crippen LogP) is 2.20. The number of para-hydroxylation sites is 1. The number of hydrogen-bond donors (Lipinski definition) is 2. The van der Waals surface area contributed by atoms with E-state index in [1.165, 1.54) is 6.07 Å². The van der Waals surface area contributed by atoms with Gasteiger partial charge in [-0.05, 0) is 31.4 Å². The topological polar surface area (TPSA) is 53.6 Å². The van der Waals surface area contributed by atoms with E-state index in [1.54, 1.807) is 18.2 Å². The molecule has 2 amide bonds. The molecular weight excluding hydrogens is 285 g/mol. The van der Waals surface area contributed by atoms with Crippen molar-refractivity contribution in [2.75, 3.05) is 31.6 Å². The maximum absolute atomic E-state index is 13.5. The smallest absolute Gasteiger partial charge is 0.319 e. The summed E-state index contributed by atoms with van der Waals surface area (Å²) < 4.78 is 18.9. The molecule has 120 valence electrons. The van der Waals surface area contributed by atoms with Crippen molar-refractivity contribution in [3.8, 4) is 0 Å². The molecule has 2 aliphatic heterocycles. The number of urea groups is 1. The maximum Gasteiger partial charge on any atom is 0.319 e. The lowest BCUT2D eigenvalue weighted by atomic mass is 10.1. The van der Waals surface area contributed by atoms with Crippen molar-refractivity contribution in [3.05, 3.63) is 30.1 Å². The number of nitrogens with zero attached hydrogens (tertiary/aromatic N) is 1. The molecule has 5 nitrogen and oxygen atoms in total. The summed E-state index contributed by atoms with van der Waals surface area (Å²) in [6.07, 6.45) is 3.06. The van der Waals surface area contributed by atoms with Crippen molar-refractivity contribution in [1.82, 2.24) is 10.2 Å². The van der Waals surface area contributed by atoms with Crippen molar-refractivity contribution < 1.29 is 13.9 Å². The van der Waals surface area contributed by atoms with Crippen molar-refractivity contribution in [3.63, 3.8) is 0 Å². The fourth-order valence-electron chi connectivity index (χ4n) is 3.19. The number of hydrogen-bond acceptors (Lipinski definition) is 3. The Bertz CT molecular complexity index is 520. The minimum atomic E-state index is -0.423. The van der Waals surface area contributed by atoms with Crippen LogP contribution in [-0.4, -0.2) is 49.3 Å². The molecule has 0 saturated carbocycles. The van der Waals surface area contributed by atoms with Crippen LogP contribution in [0.25, 0.3) is 0 Å². The van der Waals surface area contributed by atoms with E-state index in [4.69, 9.17) is 4.74 Å². The Morgan fingerprint density at radius 3 is 2.77 bits per heavy atom. The minimum Gasteiger partial charge on any atom is -0.381 e. The number of ether oxygens (including phenoxy) is 1. The third-order valence-electron chi connectivity index (χ3n) is 4.38. The van der Waals surface area contributed by atoms with E-state index in [0.29, 0.717) is 6.04 Å². The van der Waals surface area contributed by atoms with E-state index in [-0.39, 0.29) is 17.8 Å². The first-order valence-corrected chi connectivity index (χ1v) is 7.86. The van der Waals surface area contributed by atoms with Crippen molar-refractivity contribution in [1.29, 1.82) is 0 Å². The molecule has 2 aliphatic rings. The van der Waals surface area contributed by atoms with Crippen molar-refractivity contribution in [2.24, 2.45) is 0 Å². The van der Waals surface area contributed by atoms with Crippen LogP contribution in [0.5, 0.6) is 0 Å². The van der Waals surface area contributed by atoms with Gasteiger partial charge < -0.3 is 15.4 Å². The molecule has 3 rings (SSSR count). The number of carbonyl (C=O) groups is 1.